The van der Waals surface area contributed by atoms with Gasteiger partial charge in [0.15, 0.2) is 6.61 Å². The van der Waals surface area contributed by atoms with Crippen molar-refractivity contribution in [2.75, 3.05) is 41.7 Å². The average molecular weight is 358 g/mol. The second-order valence-corrected chi connectivity index (χ2v) is 1.29. The van der Waals surface area contributed by atoms with Crippen LogP contribution in [0.25, 0.3) is 0 Å². The van der Waals surface area contributed by atoms with Crippen LogP contribution in [0.15, 0.2) is 0 Å². The van der Waals surface area contributed by atoms with Gasteiger partial charge in [-0.3, -0.25) is 8.78 Å². The second kappa shape index (κ2) is 50.8. The van der Waals surface area contributed by atoms with Gasteiger partial charge in [0.1, 0.15) is 0 Å². The van der Waals surface area contributed by atoms with Gasteiger partial charge in [0.25, 0.3) is 0 Å². The first-order valence-corrected chi connectivity index (χ1v) is 3.90. The molecule has 0 aliphatic rings. The number of alkyl halides is 10. The molecule has 0 N–H and O–H groups in total. The van der Waals surface area contributed by atoms with Crippen molar-refractivity contribution >= 4 is 0 Å². The Balaban J connectivity index is -0.0000000350. The summed E-state index contributed by atoms with van der Waals surface area (Å²) in [5, 5.41) is 0. The van der Waals surface area contributed by atoms with Crippen molar-refractivity contribution in [1.82, 2.24) is 0 Å². The highest BCUT2D eigenvalue weighted by atomic mass is 19.4. The van der Waals surface area contributed by atoms with E-state index in [9.17, 15) is 53.0 Å². The van der Waals surface area contributed by atoms with Gasteiger partial charge < -0.3 is 0 Å². The van der Waals surface area contributed by atoms with Crippen LogP contribution in [0, 0.1) is 0 Å². The summed E-state index contributed by atoms with van der Waals surface area (Å²) in [7, 11) is 1.00. The highest BCUT2D eigenvalue weighted by Crippen LogP contribution is 2.13. The number of rotatable bonds is 2. The van der Waals surface area contributed by atoms with Gasteiger partial charge in [-0.15, -0.1) is 0 Å². The van der Waals surface area contributed by atoms with Gasteiger partial charge >= 0.3 is 6.18 Å². The minimum atomic E-state index is -4.55. The van der Waals surface area contributed by atoms with E-state index in [-0.39, 0.29) is 0 Å². The molecule has 0 radical (unpaired) electrons. The van der Waals surface area contributed by atoms with Crippen molar-refractivity contribution in [2.45, 2.75) is 6.18 Å². The molecule has 0 aromatic carbocycles. The standard InChI is InChI=1S/C2H2F4O.CH2F2O.2CH2F2.2CH3F/c3-2(4,5)1-7-6;2-1-4-3;2*2-1-3;2*1-2/h1H2;1H2;2*1H2;2*1H3. The second-order valence-electron chi connectivity index (χ2n) is 1.29. The van der Waals surface area contributed by atoms with Crippen molar-refractivity contribution in [3.63, 3.8) is 0 Å². The van der Waals surface area contributed by atoms with E-state index < -0.39 is 33.5 Å². The first kappa shape index (κ1) is 36.9. The zero-order valence-corrected chi connectivity index (χ0v) is 10.7. The molecule has 0 spiro atoms. The number of hydrogen-bond donors (Lipinski definition) is 0. The van der Waals surface area contributed by atoms with Gasteiger partial charge in [-0.1, -0.05) is 0 Å². The topological polar surface area (TPSA) is 18.5 Å². The van der Waals surface area contributed by atoms with E-state index in [4.69, 9.17) is 0 Å². The minimum Gasteiger partial charge on any atom is -0.255 e. The molecule has 0 aromatic heterocycles. The highest BCUT2D eigenvalue weighted by Gasteiger charge is 2.27. The molecule has 0 bridgehead atoms. The minimum absolute atomic E-state index is 0.500. The van der Waals surface area contributed by atoms with Crippen LogP contribution in [0.5, 0.6) is 0 Å². The molecular formula is C7H14F12O2. The molecule has 0 rings (SSSR count). The fourth-order valence-electron chi connectivity index (χ4n) is 0.0619. The average Bonchev–Trinajstić information content (AvgIpc) is 2.44. The summed E-state index contributed by atoms with van der Waals surface area (Å²) < 4.78 is 120. The summed E-state index contributed by atoms with van der Waals surface area (Å²) in [5.41, 5.74) is 0. The van der Waals surface area contributed by atoms with Crippen molar-refractivity contribution in [3.05, 3.63) is 0 Å². The SMILES string of the molecule is CF.CF.FCF.FCF.FCOF.FOCC(F)(F)F. The summed E-state index contributed by atoms with van der Waals surface area (Å²) >= 11 is 0. The zero-order valence-electron chi connectivity index (χ0n) is 10.7. The Morgan fingerprint density at radius 2 is 0.857 bits per heavy atom. The van der Waals surface area contributed by atoms with E-state index in [0.29, 0.717) is 14.4 Å². The molecule has 2 nitrogen and oxygen atoms in total. The molecule has 0 saturated carbocycles. The van der Waals surface area contributed by atoms with Crippen molar-refractivity contribution in [1.29, 1.82) is 0 Å². The molecule has 0 heterocycles. The van der Waals surface area contributed by atoms with Crippen molar-refractivity contribution < 1.29 is 62.8 Å². The van der Waals surface area contributed by atoms with Crippen LogP contribution in [0.3, 0.4) is 0 Å². The van der Waals surface area contributed by atoms with Crippen LogP contribution >= 0.6 is 0 Å². The van der Waals surface area contributed by atoms with Gasteiger partial charge in [-0.25, -0.2) is 22.0 Å². The molecule has 21 heavy (non-hydrogen) atoms. The maximum absolute atomic E-state index is 10.7. The fourth-order valence-corrected chi connectivity index (χ4v) is 0.0619. The van der Waals surface area contributed by atoms with E-state index in [1.807, 2.05) is 0 Å². The molecule has 0 aromatic rings. The lowest BCUT2D eigenvalue weighted by atomic mass is 10.7. The predicted molar refractivity (Wildman–Crippen MR) is 49.5 cm³/mol. The van der Waals surface area contributed by atoms with Gasteiger partial charge in [0.05, 0.1) is 14.4 Å². The Bertz CT molecular complexity index is 100. The van der Waals surface area contributed by atoms with E-state index >= 15 is 0 Å². The van der Waals surface area contributed by atoms with Crippen LogP contribution in [0.2, 0.25) is 0 Å². The summed E-state index contributed by atoms with van der Waals surface area (Å²) in [5.74, 6) is 0. The normalized spacial score (nSPS) is 7.71. The van der Waals surface area contributed by atoms with Gasteiger partial charge in [-0.2, -0.15) is 23.1 Å². The zero-order chi connectivity index (χ0) is 18.7. The summed E-state index contributed by atoms with van der Waals surface area (Å²) in [4.78, 5) is 4.66. The molecular weight excluding hydrogens is 344 g/mol. The monoisotopic (exact) mass is 358 g/mol. The highest BCUT2D eigenvalue weighted by molar-refractivity contribution is 4.40. The molecule has 0 saturated heterocycles. The smallest absolute Gasteiger partial charge is 0.255 e. The Morgan fingerprint density at radius 3 is 0.857 bits per heavy atom. The Morgan fingerprint density at radius 1 is 0.667 bits per heavy atom. The van der Waals surface area contributed by atoms with E-state index in [2.05, 4.69) is 9.88 Å². The summed E-state index contributed by atoms with van der Waals surface area (Å²) in [6.07, 6.45) is -4.55. The van der Waals surface area contributed by atoms with Crippen LogP contribution in [0.4, 0.5) is 53.0 Å². The molecule has 0 atom stereocenters. The van der Waals surface area contributed by atoms with Gasteiger partial charge in [0, 0.05) is 0 Å². The van der Waals surface area contributed by atoms with Crippen LogP contribution in [-0.2, 0) is 9.88 Å². The van der Waals surface area contributed by atoms with Gasteiger partial charge in [-0.05, 0) is 9.05 Å². The molecule has 0 aliphatic heterocycles. The fraction of sp³-hybridized carbons (Fsp3) is 1.00. The first-order chi connectivity index (χ1) is 9.80. The lowest BCUT2D eigenvalue weighted by molar-refractivity contribution is -0.245. The number of hydrogen-bond acceptors (Lipinski definition) is 2. The van der Waals surface area contributed by atoms with E-state index in [0.717, 1.165) is 0 Å². The van der Waals surface area contributed by atoms with Crippen molar-refractivity contribution in [2.24, 2.45) is 0 Å². The summed E-state index contributed by atoms with van der Waals surface area (Å²) in [6.45, 7) is -6.67. The van der Waals surface area contributed by atoms with E-state index in [1.54, 1.807) is 0 Å². The third-order valence-corrected chi connectivity index (χ3v) is 0.259. The third kappa shape index (κ3) is 334. The van der Waals surface area contributed by atoms with Crippen LogP contribution in [-0.4, -0.2) is 47.9 Å². The lowest BCUT2D eigenvalue weighted by Gasteiger charge is -1.97. The van der Waals surface area contributed by atoms with Crippen LogP contribution < -0.4 is 0 Å². The number of halogens is 12. The third-order valence-electron chi connectivity index (χ3n) is 0.259. The van der Waals surface area contributed by atoms with Crippen LogP contribution in [0.1, 0.15) is 0 Å². The Labute approximate surface area is 112 Å². The largest absolute Gasteiger partial charge is 0.415 e. The quantitative estimate of drug-likeness (QED) is 0.632. The Kier molecular flexibility index (Phi) is 89.2. The van der Waals surface area contributed by atoms with E-state index in [1.165, 1.54) is 0 Å². The predicted octanol–water partition coefficient (Wildman–Crippen LogP) is 5.20. The van der Waals surface area contributed by atoms with Gasteiger partial charge in [0.2, 0.25) is 20.7 Å². The first-order valence-electron chi connectivity index (χ1n) is 3.90. The molecule has 0 unspecified atom stereocenters. The molecule has 14 heteroatoms. The molecule has 0 fully saturated rings. The molecule has 0 amide bonds. The molecule has 0 aliphatic carbocycles. The Hall–Kier alpha value is -0.920. The van der Waals surface area contributed by atoms with Crippen molar-refractivity contribution in [3.8, 4) is 0 Å². The maximum atomic E-state index is 10.7. The lowest BCUT2D eigenvalue weighted by Crippen LogP contribution is -2.13. The maximum Gasteiger partial charge on any atom is 0.415 e. The summed E-state index contributed by atoms with van der Waals surface area (Å²) in [6, 6.07) is 0. The molecule has 138 valence electrons.